The van der Waals surface area contributed by atoms with Crippen LogP contribution in [0.4, 0.5) is 5.69 Å². The first-order chi connectivity index (χ1) is 14.2. The van der Waals surface area contributed by atoms with E-state index >= 15 is 0 Å². The van der Waals surface area contributed by atoms with Gasteiger partial charge in [0.1, 0.15) is 5.75 Å². The quantitative estimate of drug-likeness (QED) is 0.447. The van der Waals surface area contributed by atoms with E-state index in [2.05, 4.69) is 22.2 Å². The minimum absolute atomic E-state index is 0.299. The maximum atomic E-state index is 12.4. The standard InChI is InChI=1S/C24H23NO4/c1-28-24(27)20-11-5-10-19(17-20)23(26)25-21-12-14-22(15-13-21)29-16-6-9-18-7-3-2-4-8-18/h2-5,7-8,10-15,17H,6,9,16H2,1H3,(H,25,26). The van der Waals surface area contributed by atoms with Gasteiger partial charge in [0.15, 0.2) is 0 Å². The van der Waals surface area contributed by atoms with Crippen LogP contribution in [0.5, 0.6) is 5.75 Å². The third-order valence-corrected chi connectivity index (χ3v) is 4.38. The number of carbonyl (C=O) groups excluding carboxylic acids is 2. The van der Waals surface area contributed by atoms with E-state index in [1.807, 2.05) is 30.3 Å². The Labute approximate surface area is 170 Å². The van der Waals surface area contributed by atoms with Crippen LogP contribution in [-0.2, 0) is 11.2 Å². The Kier molecular flexibility index (Phi) is 7.00. The van der Waals surface area contributed by atoms with Crippen molar-refractivity contribution in [3.8, 4) is 5.75 Å². The molecule has 0 aliphatic rings. The Balaban J connectivity index is 1.50. The molecule has 0 aromatic heterocycles. The van der Waals surface area contributed by atoms with E-state index in [1.165, 1.54) is 18.7 Å². The van der Waals surface area contributed by atoms with E-state index in [-0.39, 0.29) is 5.91 Å². The number of amides is 1. The fourth-order valence-corrected chi connectivity index (χ4v) is 2.85. The third-order valence-electron chi connectivity index (χ3n) is 4.38. The average Bonchev–Trinajstić information content (AvgIpc) is 2.78. The Bertz CT molecular complexity index is 952. The molecular weight excluding hydrogens is 366 g/mol. The predicted octanol–water partition coefficient (Wildman–Crippen LogP) is 4.74. The van der Waals surface area contributed by atoms with Crippen LogP contribution in [0.25, 0.3) is 0 Å². The number of carbonyl (C=O) groups is 2. The Morgan fingerprint density at radius 2 is 1.59 bits per heavy atom. The number of hydrogen-bond acceptors (Lipinski definition) is 4. The van der Waals surface area contributed by atoms with E-state index in [1.54, 1.807) is 30.3 Å². The molecule has 0 saturated carbocycles. The van der Waals surface area contributed by atoms with E-state index in [9.17, 15) is 9.59 Å². The zero-order chi connectivity index (χ0) is 20.5. The number of rotatable bonds is 8. The summed E-state index contributed by atoms with van der Waals surface area (Å²) in [7, 11) is 1.31. The van der Waals surface area contributed by atoms with Crippen LogP contribution in [0, 0.1) is 0 Å². The fourth-order valence-electron chi connectivity index (χ4n) is 2.85. The number of methoxy groups -OCH3 is 1. The van der Waals surface area contributed by atoms with Gasteiger partial charge in [0, 0.05) is 11.3 Å². The van der Waals surface area contributed by atoms with E-state index in [0.717, 1.165) is 18.6 Å². The molecule has 0 bridgehead atoms. The molecular formula is C24H23NO4. The van der Waals surface area contributed by atoms with Gasteiger partial charge in [0.25, 0.3) is 5.91 Å². The summed E-state index contributed by atoms with van der Waals surface area (Å²) in [5.41, 5.74) is 2.66. The Morgan fingerprint density at radius 3 is 2.31 bits per heavy atom. The zero-order valence-electron chi connectivity index (χ0n) is 16.3. The van der Waals surface area contributed by atoms with Crippen molar-refractivity contribution >= 4 is 17.6 Å². The number of aryl methyl sites for hydroxylation is 1. The lowest BCUT2D eigenvalue weighted by Gasteiger charge is -2.09. The smallest absolute Gasteiger partial charge is 0.337 e. The molecule has 0 heterocycles. The predicted molar refractivity (Wildman–Crippen MR) is 112 cm³/mol. The third kappa shape index (κ3) is 5.94. The molecule has 1 N–H and O–H groups in total. The molecule has 0 fully saturated rings. The summed E-state index contributed by atoms with van der Waals surface area (Å²) < 4.78 is 10.4. The van der Waals surface area contributed by atoms with Crippen LogP contribution in [0.1, 0.15) is 32.7 Å². The molecule has 0 atom stereocenters. The number of anilines is 1. The van der Waals surface area contributed by atoms with Crippen LogP contribution in [0.2, 0.25) is 0 Å². The zero-order valence-corrected chi connectivity index (χ0v) is 16.3. The highest BCUT2D eigenvalue weighted by Crippen LogP contribution is 2.17. The molecule has 0 saturated heterocycles. The monoisotopic (exact) mass is 389 g/mol. The van der Waals surface area contributed by atoms with Crippen molar-refractivity contribution in [3.05, 3.63) is 95.6 Å². The van der Waals surface area contributed by atoms with E-state index < -0.39 is 5.97 Å². The molecule has 0 spiro atoms. The van der Waals surface area contributed by atoms with Gasteiger partial charge in [0.2, 0.25) is 0 Å². The van der Waals surface area contributed by atoms with E-state index in [4.69, 9.17) is 4.74 Å². The number of esters is 1. The molecule has 148 valence electrons. The number of benzene rings is 3. The highest BCUT2D eigenvalue weighted by Gasteiger charge is 2.11. The lowest BCUT2D eigenvalue weighted by Crippen LogP contribution is -2.13. The lowest BCUT2D eigenvalue weighted by molar-refractivity contribution is 0.0600. The molecule has 3 aromatic rings. The van der Waals surface area contributed by atoms with Gasteiger partial charge >= 0.3 is 5.97 Å². The summed E-state index contributed by atoms with van der Waals surface area (Å²) in [6.45, 7) is 0.626. The number of ether oxygens (including phenoxy) is 2. The van der Waals surface area contributed by atoms with E-state index in [0.29, 0.717) is 23.4 Å². The molecule has 3 rings (SSSR count). The Morgan fingerprint density at radius 1 is 0.862 bits per heavy atom. The first-order valence-corrected chi connectivity index (χ1v) is 9.42. The molecule has 5 heteroatoms. The fraction of sp³-hybridized carbons (Fsp3) is 0.167. The number of hydrogen-bond donors (Lipinski definition) is 1. The molecule has 0 unspecified atom stereocenters. The van der Waals surface area contributed by atoms with Gasteiger partial charge in [-0.1, -0.05) is 36.4 Å². The number of nitrogens with one attached hydrogen (secondary N) is 1. The minimum atomic E-state index is -0.478. The van der Waals surface area contributed by atoms with Crippen LogP contribution in [0.15, 0.2) is 78.9 Å². The van der Waals surface area contributed by atoms with Gasteiger partial charge < -0.3 is 14.8 Å². The van der Waals surface area contributed by atoms with Crippen molar-refractivity contribution in [2.45, 2.75) is 12.8 Å². The van der Waals surface area contributed by atoms with Gasteiger partial charge in [-0.3, -0.25) is 4.79 Å². The molecule has 0 radical (unpaired) electrons. The van der Waals surface area contributed by atoms with Gasteiger partial charge in [-0.25, -0.2) is 4.79 Å². The Hall–Kier alpha value is -3.60. The molecule has 3 aromatic carbocycles. The molecule has 0 aliphatic carbocycles. The molecule has 1 amide bonds. The van der Waals surface area contributed by atoms with Crippen molar-refractivity contribution < 1.29 is 19.1 Å². The van der Waals surface area contributed by atoms with Crippen molar-refractivity contribution in [3.63, 3.8) is 0 Å². The highest BCUT2D eigenvalue weighted by molar-refractivity contribution is 6.05. The maximum absolute atomic E-state index is 12.4. The van der Waals surface area contributed by atoms with Crippen LogP contribution in [0.3, 0.4) is 0 Å². The lowest BCUT2D eigenvalue weighted by atomic mass is 10.1. The summed E-state index contributed by atoms with van der Waals surface area (Å²) in [6.07, 6.45) is 1.90. The van der Waals surface area contributed by atoms with Gasteiger partial charge in [0.05, 0.1) is 19.3 Å². The first kappa shape index (κ1) is 20.1. The van der Waals surface area contributed by atoms with Crippen LogP contribution >= 0.6 is 0 Å². The largest absolute Gasteiger partial charge is 0.494 e. The topological polar surface area (TPSA) is 64.6 Å². The summed E-state index contributed by atoms with van der Waals surface area (Å²) in [5.74, 6) is -0.0237. The second-order valence-electron chi connectivity index (χ2n) is 6.49. The molecule has 0 aliphatic heterocycles. The average molecular weight is 389 g/mol. The maximum Gasteiger partial charge on any atom is 0.337 e. The van der Waals surface area contributed by atoms with Crippen molar-refractivity contribution in [2.75, 3.05) is 19.0 Å². The molecule has 5 nitrogen and oxygen atoms in total. The second-order valence-corrected chi connectivity index (χ2v) is 6.49. The van der Waals surface area contributed by atoms with Crippen LogP contribution < -0.4 is 10.1 Å². The summed E-state index contributed by atoms with van der Waals surface area (Å²) >= 11 is 0. The summed E-state index contributed by atoms with van der Waals surface area (Å²) in [5, 5.41) is 2.81. The summed E-state index contributed by atoms with van der Waals surface area (Å²) in [6, 6.07) is 23.9. The van der Waals surface area contributed by atoms with Gasteiger partial charge in [-0.15, -0.1) is 0 Å². The normalized spacial score (nSPS) is 10.2. The van der Waals surface area contributed by atoms with Crippen molar-refractivity contribution in [1.82, 2.24) is 0 Å². The van der Waals surface area contributed by atoms with Gasteiger partial charge in [-0.2, -0.15) is 0 Å². The van der Waals surface area contributed by atoms with Crippen LogP contribution in [-0.4, -0.2) is 25.6 Å². The highest BCUT2D eigenvalue weighted by atomic mass is 16.5. The van der Waals surface area contributed by atoms with Crippen molar-refractivity contribution in [1.29, 1.82) is 0 Å². The minimum Gasteiger partial charge on any atom is -0.494 e. The SMILES string of the molecule is COC(=O)c1cccc(C(=O)Nc2ccc(OCCCc3ccccc3)cc2)c1. The second kappa shape index (κ2) is 10.1. The van der Waals surface area contributed by atoms with Gasteiger partial charge in [-0.05, 0) is 60.9 Å². The summed E-state index contributed by atoms with van der Waals surface area (Å²) in [4.78, 5) is 24.0. The molecule has 29 heavy (non-hydrogen) atoms. The van der Waals surface area contributed by atoms with Crippen molar-refractivity contribution in [2.24, 2.45) is 0 Å². The first-order valence-electron chi connectivity index (χ1n) is 9.42.